The van der Waals surface area contributed by atoms with E-state index >= 15 is 0 Å². The van der Waals surface area contributed by atoms with Gasteiger partial charge in [-0.1, -0.05) is 6.07 Å². The first-order valence-corrected chi connectivity index (χ1v) is 4.48. The van der Waals surface area contributed by atoms with Crippen LogP contribution in [0, 0.1) is 0 Å². The summed E-state index contributed by atoms with van der Waals surface area (Å²) in [5.74, 6) is -1.01. The van der Waals surface area contributed by atoms with Crippen LogP contribution in [0.1, 0.15) is 5.69 Å². The summed E-state index contributed by atoms with van der Waals surface area (Å²) in [4.78, 5) is 14.5. The Balaban J connectivity index is 2.69. The zero-order valence-corrected chi connectivity index (χ0v) is 8.36. The maximum absolute atomic E-state index is 10.4. The predicted molar refractivity (Wildman–Crippen MR) is 51.3 cm³/mol. The Morgan fingerprint density at radius 2 is 2.38 bits per heavy atom. The average molecular weight is 245 g/mol. The van der Waals surface area contributed by atoms with Gasteiger partial charge in [-0.2, -0.15) is 0 Å². The second-order valence-corrected chi connectivity index (χ2v) is 3.41. The minimum Gasteiger partial charge on any atom is -0.480 e. The van der Waals surface area contributed by atoms with Crippen molar-refractivity contribution in [1.82, 2.24) is 4.98 Å². The molecule has 1 atom stereocenters. The third-order valence-corrected chi connectivity index (χ3v) is 1.96. The van der Waals surface area contributed by atoms with Gasteiger partial charge >= 0.3 is 5.97 Å². The van der Waals surface area contributed by atoms with Crippen molar-refractivity contribution in [2.24, 2.45) is 5.73 Å². The van der Waals surface area contributed by atoms with Gasteiger partial charge in [0.2, 0.25) is 0 Å². The Morgan fingerprint density at radius 1 is 1.69 bits per heavy atom. The average Bonchev–Trinajstić information content (AvgIpc) is 2.04. The first-order valence-electron chi connectivity index (χ1n) is 3.69. The van der Waals surface area contributed by atoms with Crippen LogP contribution in [0.5, 0.6) is 0 Å². The number of aromatic nitrogens is 1. The molecule has 70 valence electrons. The van der Waals surface area contributed by atoms with Crippen molar-refractivity contribution in [1.29, 1.82) is 0 Å². The predicted octanol–water partition coefficient (Wildman–Crippen LogP) is 0.798. The van der Waals surface area contributed by atoms with Crippen LogP contribution in [0.2, 0.25) is 0 Å². The standard InChI is InChI=1S/C8H9BrN2O2/c9-7-3-1-2-5(11-7)4-6(10)8(12)13/h1-3,6H,4,10H2,(H,12,13). The Morgan fingerprint density at radius 3 is 2.92 bits per heavy atom. The van der Waals surface area contributed by atoms with E-state index in [1.54, 1.807) is 18.2 Å². The lowest BCUT2D eigenvalue weighted by Crippen LogP contribution is -2.32. The molecule has 3 N–H and O–H groups in total. The summed E-state index contributed by atoms with van der Waals surface area (Å²) < 4.78 is 0.683. The topological polar surface area (TPSA) is 76.2 Å². The van der Waals surface area contributed by atoms with Crippen molar-refractivity contribution in [2.45, 2.75) is 12.5 Å². The Hall–Kier alpha value is -0.940. The second kappa shape index (κ2) is 4.34. The zero-order valence-electron chi connectivity index (χ0n) is 6.77. The van der Waals surface area contributed by atoms with Gasteiger partial charge in [0, 0.05) is 12.1 Å². The van der Waals surface area contributed by atoms with E-state index in [0.29, 0.717) is 10.3 Å². The quantitative estimate of drug-likeness (QED) is 0.772. The molecular weight excluding hydrogens is 236 g/mol. The molecule has 1 aromatic heterocycles. The number of halogens is 1. The monoisotopic (exact) mass is 244 g/mol. The van der Waals surface area contributed by atoms with E-state index in [4.69, 9.17) is 10.8 Å². The molecule has 0 aliphatic heterocycles. The van der Waals surface area contributed by atoms with E-state index in [1.165, 1.54) is 0 Å². The first kappa shape index (κ1) is 10.1. The van der Waals surface area contributed by atoms with Crippen LogP contribution in [0.25, 0.3) is 0 Å². The number of carboxylic acids is 1. The lowest BCUT2D eigenvalue weighted by atomic mass is 10.1. The van der Waals surface area contributed by atoms with Crippen LogP contribution in [-0.2, 0) is 11.2 Å². The molecule has 1 rings (SSSR count). The highest BCUT2D eigenvalue weighted by atomic mass is 79.9. The van der Waals surface area contributed by atoms with Crippen LogP contribution >= 0.6 is 15.9 Å². The minimum absolute atomic E-state index is 0.245. The van der Waals surface area contributed by atoms with Crippen LogP contribution < -0.4 is 5.73 Å². The lowest BCUT2D eigenvalue weighted by Gasteiger charge is -2.05. The van der Waals surface area contributed by atoms with Gasteiger partial charge in [0.05, 0.1) is 0 Å². The molecule has 1 heterocycles. The summed E-state index contributed by atoms with van der Waals surface area (Å²) in [7, 11) is 0. The summed E-state index contributed by atoms with van der Waals surface area (Å²) in [6.45, 7) is 0. The van der Waals surface area contributed by atoms with Crippen molar-refractivity contribution in [3.8, 4) is 0 Å². The molecule has 5 heteroatoms. The van der Waals surface area contributed by atoms with E-state index < -0.39 is 12.0 Å². The number of nitrogens with two attached hydrogens (primary N) is 1. The van der Waals surface area contributed by atoms with Gasteiger partial charge in [-0.3, -0.25) is 4.79 Å². The maximum atomic E-state index is 10.4. The fraction of sp³-hybridized carbons (Fsp3) is 0.250. The summed E-state index contributed by atoms with van der Waals surface area (Å²) in [6.07, 6.45) is 0.245. The van der Waals surface area contributed by atoms with Crippen molar-refractivity contribution in [3.63, 3.8) is 0 Å². The van der Waals surface area contributed by atoms with Crippen LogP contribution in [-0.4, -0.2) is 22.1 Å². The zero-order chi connectivity index (χ0) is 9.84. The molecule has 0 saturated heterocycles. The van der Waals surface area contributed by atoms with Crippen molar-refractivity contribution in [3.05, 3.63) is 28.5 Å². The number of aliphatic carboxylic acids is 1. The maximum Gasteiger partial charge on any atom is 0.320 e. The fourth-order valence-electron chi connectivity index (χ4n) is 0.877. The number of carbonyl (C=O) groups is 1. The van der Waals surface area contributed by atoms with E-state index in [2.05, 4.69) is 20.9 Å². The molecule has 0 bridgehead atoms. The number of nitrogens with zero attached hydrogens (tertiary/aromatic N) is 1. The molecule has 4 nitrogen and oxygen atoms in total. The van der Waals surface area contributed by atoms with Crippen molar-refractivity contribution < 1.29 is 9.90 Å². The molecule has 0 saturated carbocycles. The van der Waals surface area contributed by atoms with Crippen molar-refractivity contribution >= 4 is 21.9 Å². The number of rotatable bonds is 3. The third-order valence-electron chi connectivity index (χ3n) is 1.52. The Kier molecular flexibility index (Phi) is 3.39. The van der Waals surface area contributed by atoms with Gasteiger partial charge in [-0.25, -0.2) is 4.98 Å². The van der Waals surface area contributed by atoms with Crippen molar-refractivity contribution in [2.75, 3.05) is 0 Å². The Bertz CT molecular complexity index is 317. The fourth-order valence-corrected chi connectivity index (χ4v) is 1.26. The Labute approximate surface area is 83.9 Å². The second-order valence-electron chi connectivity index (χ2n) is 2.60. The highest BCUT2D eigenvalue weighted by Gasteiger charge is 2.12. The number of hydrogen-bond donors (Lipinski definition) is 2. The molecule has 0 spiro atoms. The normalized spacial score (nSPS) is 12.5. The summed E-state index contributed by atoms with van der Waals surface area (Å²) in [5, 5.41) is 8.55. The first-order chi connectivity index (χ1) is 6.09. The van der Waals surface area contributed by atoms with Gasteiger partial charge < -0.3 is 10.8 Å². The number of pyridine rings is 1. The third kappa shape index (κ3) is 3.12. The van der Waals surface area contributed by atoms with Crippen LogP contribution in [0.4, 0.5) is 0 Å². The van der Waals surface area contributed by atoms with Crippen LogP contribution in [0.15, 0.2) is 22.8 Å². The van der Waals surface area contributed by atoms with E-state index in [1.807, 2.05) is 0 Å². The summed E-state index contributed by atoms with van der Waals surface area (Å²) in [6, 6.07) is 4.42. The van der Waals surface area contributed by atoms with Gasteiger partial charge in [0.15, 0.2) is 0 Å². The smallest absolute Gasteiger partial charge is 0.320 e. The molecular formula is C8H9BrN2O2. The number of hydrogen-bond acceptors (Lipinski definition) is 3. The van der Waals surface area contributed by atoms with Gasteiger partial charge in [-0.05, 0) is 28.1 Å². The largest absolute Gasteiger partial charge is 0.480 e. The molecule has 0 aliphatic carbocycles. The van der Waals surface area contributed by atoms with E-state index in [0.717, 1.165) is 0 Å². The SMILES string of the molecule is NC(Cc1cccc(Br)n1)C(=O)O. The molecule has 0 amide bonds. The summed E-state index contributed by atoms with van der Waals surface area (Å²) >= 11 is 3.19. The highest BCUT2D eigenvalue weighted by molar-refractivity contribution is 9.10. The molecule has 1 aromatic rings. The minimum atomic E-state index is -1.01. The van der Waals surface area contributed by atoms with Crippen LogP contribution in [0.3, 0.4) is 0 Å². The van der Waals surface area contributed by atoms with Gasteiger partial charge in [-0.15, -0.1) is 0 Å². The molecule has 1 unspecified atom stereocenters. The van der Waals surface area contributed by atoms with Gasteiger partial charge in [0.25, 0.3) is 0 Å². The van der Waals surface area contributed by atoms with Gasteiger partial charge in [0.1, 0.15) is 10.6 Å². The lowest BCUT2D eigenvalue weighted by molar-refractivity contribution is -0.138. The molecule has 13 heavy (non-hydrogen) atoms. The molecule has 0 radical (unpaired) electrons. The number of carboxylic acid groups (broad SMARTS) is 1. The molecule has 0 aromatic carbocycles. The van der Waals surface area contributed by atoms with E-state index in [-0.39, 0.29) is 6.42 Å². The molecule has 0 fully saturated rings. The highest BCUT2D eigenvalue weighted by Crippen LogP contribution is 2.07. The molecule has 0 aliphatic rings. The van der Waals surface area contributed by atoms with E-state index in [9.17, 15) is 4.79 Å². The summed E-state index contributed by atoms with van der Waals surface area (Å²) in [5.41, 5.74) is 6.01.